The molecule has 0 saturated heterocycles. The Balaban J connectivity index is 4.32. The van der Waals surface area contributed by atoms with Crippen LogP contribution in [0.3, 0.4) is 0 Å². The average Bonchev–Trinajstić information content (AvgIpc) is 2.02. The summed E-state index contributed by atoms with van der Waals surface area (Å²) in [4.78, 5) is 2.26. The first-order valence-electron chi connectivity index (χ1n) is 5.22. The standard InChI is InChI=1S/C11H23N3/c1-9(2)6-14(10(3)4)8-11(5,13)7-12/h9-10H,6,8,13H2,1-5H3. The lowest BCUT2D eigenvalue weighted by Crippen LogP contribution is -2.49. The molecule has 0 aromatic heterocycles. The van der Waals surface area contributed by atoms with E-state index < -0.39 is 5.54 Å². The van der Waals surface area contributed by atoms with E-state index in [1.54, 1.807) is 6.92 Å². The minimum absolute atomic E-state index is 0.439. The van der Waals surface area contributed by atoms with E-state index in [-0.39, 0.29) is 0 Å². The summed E-state index contributed by atoms with van der Waals surface area (Å²) < 4.78 is 0. The number of nitrogens with two attached hydrogens (primary N) is 1. The van der Waals surface area contributed by atoms with Crippen molar-refractivity contribution >= 4 is 0 Å². The SMILES string of the molecule is CC(C)CN(CC(C)(N)C#N)C(C)C. The Morgan fingerprint density at radius 2 is 1.86 bits per heavy atom. The van der Waals surface area contributed by atoms with Gasteiger partial charge in [0.25, 0.3) is 0 Å². The predicted molar refractivity (Wildman–Crippen MR) is 59.8 cm³/mol. The Morgan fingerprint density at radius 1 is 1.36 bits per heavy atom. The van der Waals surface area contributed by atoms with Gasteiger partial charge in [0.2, 0.25) is 0 Å². The lowest BCUT2D eigenvalue weighted by atomic mass is 10.0. The first kappa shape index (κ1) is 13.4. The van der Waals surface area contributed by atoms with Crippen molar-refractivity contribution in [3.8, 4) is 6.07 Å². The fraction of sp³-hybridized carbons (Fsp3) is 0.909. The molecule has 0 aliphatic carbocycles. The van der Waals surface area contributed by atoms with Crippen LogP contribution in [0.5, 0.6) is 0 Å². The monoisotopic (exact) mass is 197 g/mol. The van der Waals surface area contributed by atoms with Crippen LogP contribution in [0.15, 0.2) is 0 Å². The van der Waals surface area contributed by atoms with Crippen LogP contribution in [0.2, 0.25) is 0 Å². The molecule has 0 radical (unpaired) electrons. The van der Waals surface area contributed by atoms with Crippen molar-refractivity contribution in [2.75, 3.05) is 13.1 Å². The minimum atomic E-state index is -0.737. The Bertz CT molecular complexity index is 201. The largest absolute Gasteiger partial charge is 0.313 e. The van der Waals surface area contributed by atoms with Gasteiger partial charge in [-0.15, -0.1) is 0 Å². The van der Waals surface area contributed by atoms with Crippen LogP contribution in [0.1, 0.15) is 34.6 Å². The average molecular weight is 197 g/mol. The van der Waals surface area contributed by atoms with Crippen molar-refractivity contribution in [3.63, 3.8) is 0 Å². The van der Waals surface area contributed by atoms with Gasteiger partial charge in [0.15, 0.2) is 0 Å². The van der Waals surface area contributed by atoms with Crippen LogP contribution in [0.4, 0.5) is 0 Å². The van der Waals surface area contributed by atoms with Crippen molar-refractivity contribution in [3.05, 3.63) is 0 Å². The van der Waals surface area contributed by atoms with Gasteiger partial charge in [-0.1, -0.05) is 13.8 Å². The third-order valence-electron chi connectivity index (χ3n) is 2.12. The Hall–Kier alpha value is -0.590. The van der Waals surface area contributed by atoms with Crippen LogP contribution >= 0.6 is 0 Å². The van der Waals surface area contributed by atoms with Crippen LogP contribution in [-0.4, -0.2) is 29.6 Å². The number of hydrogen-bond acceptors (Lipinski definition) is 3. The summed E-state index contributed by atoms with van der Waals surface area (Å²) in [5.41, 5.74) is 5.09. The molecule has 0 amide bonds. The summed E-state index contributed by atoms with van der Waals surface area (Å²) in [6, 6.07) is 2.57. The van der Waals surface area contributed by atoms with E-state index in [4.69, 9.17) is 11.0 Å². The van der Waals surface area contributed by atoms with E-state index in [1.807, 2.05) is 0 Å². The molecule has 1 atom stereocenters. The molecule has 14 heavy (non-hydrogen) atoms. The van der Waals surface area contributed by atoms with Crippen molar-refractivity contribution in [1.29, 1.82) is 5.26 Å². The maximum atomic E-state index is 8.86. The molecular weight excluding hydrogens is 174 g/mol. The highest BCUT2D eigenvalue weighted by Gasteiger charge is 2.23. The zero-order chi connectivity index (χ0) is 11.4. The quantitative estimate of drug-likeness (QED) is 0.728. The number of hydrogen-bond donors (Lipinski definition) is 1. The zero-order valence-electron chi connectivity index (χ0n) is 10.0. The molecule has 0 aromatic carbocycles. The van der Waals surface area contributed by atoms with Gasteiger partial charge >= 0.3 is 0 Å². The predicted octanol–water partition coefficient (Wildman–Crippen LogP) is 1.59. The van der Waals surface area contributed by atoms with E-state index in [2.05, 4.69) is 38.7 Å². The summed E-state index contributed by atoms with van der Waals surface area (Å²) in [6.45, 7) is 12.0. The third-order valence-corrected chi connectivity index (χ3v) is 2.12. The molecule has 0 saturated carbocycles. The molecule has 0 aliphatic rings. The summed E-state index contributed by atoms with van der Waals surface area (Å²) in [5.74, 6) is 0.604. The Kier molecular flexibility index (Phi) is 5.11. The highest BCUT2D eigenvalue weighted by atomic mass is 15.2. The van der Waals surface area contributed by atoms with Gasteiger partial charge in [0.05, 0.1) is 6.07 Å². The number of rotatable bonds is 5. The van der Waals surface area contributed by atoms with E-state index >= 15 is 0 Å². The summed E-state index contributed by atoms with van der Waals surface area (Å²) in [7, 11) is 0. The second-order valence-electron chi connectivity index (χ2n) is 4.95. The fourth-order valence-electron chi connectivity index (χ4n) is 1.38. The van der Waals surface area contributed by atoms with Gasteiger partial charge in [-0.25, -0.2) is 0 Å². The third kappa shape index (κ3) is 5.21. The van der Waals surface area contributed by atoms with Gasteiger partial charge in [0, 0.05) is 19.1 Å². The second kappa shape index (κ2) is 5.33. The Morgan fingerprint density at radius 3 is 2.14 bits per heavy atom. The molecule has 3 nitrogen and oxygen atoms in total. The molecular formula is C11H23N3. The summed E-state index contributed by atoms with van der Waals surface area (Å²) in [5, 5.41) is 8.86. The lowest BCUT2D eigenvalue weighted by Gasteiger charge is -2.32. The normalized spacial score (nSPS) is 16.0. The van der Waals surface area contributed by atoms with E-state index in [9.17, 15) is 0 Å². The molecule has 0 heterocycles. The molecule has 0 fully saturated rings. The topological polar surface area (TPSA) is 53.0 Å². The lowest BCUT2D eigenvalue weighted by molar-refractivity contribution is 0.174. The van der Waals surface area contributed by atoms with Gasteiger partial charge in [-0.05, 0) is 26.7 Å². The van der Waals surface area contributed by atoms with Crippen molar-refractivity contribution in [1.82, 2.24) is 4.90 Å². The molecule has 0 spiro atoms. The van der Waals surface area contributed by atoms with Gasteiger partial charge in [0.1, 0.15) is 5.54 Å². The highest BCUT2D eigenvalue weighted by Crippen LogP contribution is 2.09. The van der Waals surface area contributed by atoms with Crippen LogP contribution in [0.25, 0.3) is 0 Å². The van der Waals surface area contributed by atoms with Gasteiger partial charge in [-0.2, -0.15) is 5.26 Å². The van der Waals surface area contributed by atoms with Crippen LogP contribution < -0.4 is 5.73 Å². The maximum absolute atomic E-state index is 8.86. The van der Waals surface area contributed by atoms with Crippen molar-refractivity contribution < 1.29 is 0 Å². The second-order valence-corrected chi connectivity index (χ2v) is 4.95. The molecule has 0 aromatic rings. The maximum Gasteiger partial charge on any atom is 0.114 e. The summed E-state index contributed by atoms with van der Waals surface area (Å²) in [6.07, 6.45) is 0. The molecule has 82 valence electrons. The first-order chi connectivity index (χ1) is 6.28. The molecule has 0 aliphatic heterocycles. The molecule has 2 N–H and O–H groups in total. The van der Waals surface area contributed by atoms with Crippen LogP contribution in [0, 0.1) is 17.2 Å². The van der Waals surface area contributed by atoms with Crippen molar-refractivity contribution in [2.45, 2.75) is 46.2 Å². The zero-order valence-corrected chi connectivity index (χ0v) is 10.0. The van der Waals surface area contributed by atoms with Gasteiger partial charge < -0.3 is 5.73 Å². The van der Waals surface area contributed by atoms with E-state index in [1.165, 1.54) is 0 Å². The fourth-order valence-corrected chi connectivity index (χ4v) is 1.38. The van der Waals surface area contributed by atoms with Gasteiger partial charge in [-0.3, -0.25) is 4.90 Å². The molecule has 0 rings (SSSR count). The Labute approximate surface area is 87.9 Å². The molecule has 0 bridgehead atoms. The number of nitriles is 1. The molecule has 3 heteroatoms. The molecule has 1 unspecified atom stereocenters. The summed E-state index contributed by atoms with van der Waals surface area (Å²) >= 11 is 0. The smallest absolute Gasteiger partial charge is 0.114 e. The number of nitrogens with zero attached hydrogens (tertiary/aromatic N) is 2. The van der Waals surface area contributed by atoms with Crippen LogP contribution in [-0.2, 0) is 0 Å². The highest BCUT2D eigenvalue weighted by molar-refractivity contribution is 5.03. The minimum Gasteiger partial charge on any atom is -0.313 e. The van der Waals surface area contributed by atoms with E-state index in [0.717, 1.165) is 6.54 Å². The first-order valence-corrected chi connectivity index (χ1v) is 5.22. The van der Waals surface area contributed by atoms with E-state index in [0.29, 0.717) is 18.5 Å². The van der Waals surface area contributed by atoms with Crippen molar-refractivity contribution in [2.24, 2.45) is 11.7 Å².